The normalized spacial score (nSPS) is 21.5. The highest BCUT2D eigenvalue weighted by molar-refractivity contribution is 8.02. The molecule has 2 aromatic rings. The number of aliphatic hydroxyl groups is 1. The van der Waals surface area contributed by atoms with E-state index in [2.05, 4.69) is 63.8 Å². The van der Waals surface area contributed by atoms with Gasteiger partial charge in [0.1, 0.15) is 66.0 Å². The van der Waals surface area contributed by atoms with Crippen molar-refractivity contribution in [3.05, 3.63) is 59.7 Å². The number of carbonyl (C=O) groups excluding carboxylic acids is 9. The molecule has 9 amide bonds. The number of hydrogen-bond donors (Lipinski definition) is 14. The maximum Gasteiger partial charge on any atom is 0.249 e. The summed E-state index contributed by atoms with van der Waals surface area (Å²) in [7, 11) is 3.63. The molecule has 2 heterocycles. The topological polar surface area (TPSA) is 347 Å². The summed E-state index contributed by atoms with van der Waals surface area (Å²) in [6.07, 6.45) is 4.75. The molecule has 3 rings (SSSR count). The summed E-state index contributed by atoms with van der Waals surface area (Å²) in [5, 5.41) is 55.7. The van der Waals surface area contributed by atoms with Gasteiger partial charge in [0.2, 0.25) is 59.5 Å². The maximum absolute atomic E-state index is 14.7. The molecular weight excluding hydrogens is 1230 g/mol. The Labute approximate surface area is 549 Å². The number of imidazole rings is 1. The van der Waals surface area contributed by atoms with E-state index in [1.165, 1.54) is 31.5 Å². The van der Waals surface area contributed by atoms with Crippen molar-refractivity contribution < 1.29 is 57.9 Å². The molecule has 14 N–H and O–H groups in total. The summed E-state index contributed by atoms with van der Waals surface area (Å²) >= 11 is 18.5. The quantitative estimate of drug-likeness (QED) is 0.0485. The number of thiocarbonyl (C=S) groups is 3. The highest BCUT2D eigenvalue weighted by atomic mass is 32.2. The second-order valence-electron chi connectivity index (χ2n) is 24.2. The fourth-order valence-electron chi connectivity index (χ4n) is 9.39. The Morgan fingerprint density at radius 2 is 1.31 bits per heavy atom. The van der Waals surface area contributed by atoms with Gasteiger partial charge in [-0.05, 0) is 67.4 Å². The Balaban J connectivity index is 1.92. The standard InChI is InChI=1S/C61H96N14O11S4/c1-17-33(9)48(73-61(89)47(32(7)8)69-52(80)37(13)76)54(82)63-27-44(78)66-42(25-39-21-19-20-22-43(39)77)60(88)65-36(12)59(87)72-46(31(5)6)56(84)71-50-38(14)90-24-23-62-53(81)41(26-40-28-74(15)29-75(40)16)67-55(83)45(30(3)4)68-51(79)35(11)64-57(85)49(34(10)18-2)70-58(50)86/h19-24,28-38,41-42,45-50,76H,17-18,25-27H2,1-16H3,(H12-,62,63,64,65,66,67,68,69,70,71,72,73,77,78,79,80,81,82,83,84,85,86,87,88,89)/p+1/t33?,34?,35-,36-,37?,38+,41-,42-,45-,46-,47-,48-,49-,50-/m0/s1. The van der Waals surface area contributed by atoms with E-state index in [1.807, 2.05) is 52.4 Å². The van der Waals surface area contributed by atoms with E-state index < -0.39 is 149 Å². The van der Waals surface area contributed by atoms with E-state index in [1.54, 1.807) is 84.6 Å². The van der Waals surface area contributed by atoms with Crippen LogP contribution in [0.2, 0.25) is 0 Å². The molecule has 0 bridgehead atoms. The third-order valence-corrected chi connectivity index (χ3v) is 17.8. The van der Waals surface area contributed by atoms with E-state index in [0.29, 0.717) is 18.4 Å². The predicted octanol–water partition coefficient (Wildman–Crippen LogP) is 0.911. The molecule has 500 valence electrons. The number of nitrogens with one attached hydrogen (secondary N) is 12. The molecule has 0 spiro atoms. The number of aliphatic hydroxyl groups excluding tert-OH is 1. The molecule has 1 aliphatic heterocycles. The van der Waals surface area contributed by atoms with Crippen LogP contribution in [0.4, 0.5) is 0 Å². The number of aromatic nitrogens is 2. The number of rotatable bonds is 25. The largest absolute Gasteiger partial charge is 0.508 e. The minimum Gasteiger partial charge on any atom is -0.508 e. The number of phenols is 1. The fraction of sp³-hybridized carbons (Fsp3) is 0.623. The van der Waals surface area contributed by atoms with Crippen molar-refractivity contribution in [2.75, 3.05) is 6.54 Å². The lowest BCUT2D eigenvalue weighted by Gasteiger charge is -2.32. The van der Waals surface area contributed by atoms with Crippen LogP contribution in [-0.4, -0.2) is 161 Å². The zero-order valence-corrected chi connectivity index (χ0v) is 57.8. The minimum atomic E-state index is -1.33. The first-order valence-electron chi connectivity index (χ1n) is 30.5. The van der Waals surface area contributed by atoms with Gasteiger partial charge in [-0.25, -0.2) is 9.13 Å². The highest BCUT2D eigenvalue weighted by Gasteiger charge is 2.38. The molecular formula is C61H97N14O11S4+. The van der Waals surface area contributed by atoms with Crippen LogP contribution in [0, 0.1) is 29.6 Å². The number of hydrogen-bond acceptors (Lipinski definition) is 15. The van der Waals surface area contributed by atoms with Gasteiger partial charge in [-0.1, -0.05) is 144 Å². The number of phenolic OH excluding ortho intramolecular Hbond substituents is 1. The minimum absolute atomic E-state index is 0.00199. The zero-order valence-electron chi connectivity index (χ0n) is 54.6. The van der Waals surface area contributed by atoms with E-state index in [0.717, 1.165) is 17.5 Å². The van der Waals surface area contributed by atoms with Gasteiger partial charge >= 0.3 is 0 Å². The summed E-state index contributed by atoms with van der Waals surface area (Å²) in [6, 6.07) is -3.88. The number of amides is 9. The second kappa shape index (κ2) is 36.9. The SMILES string of the molecule is CCC(C)[C@@H]1NC(=O)[C@@H](NC(=O)[C@@H](NC(=S)[C@H](C)NC(=S)[C@H](Cc2ccccc2O)NC(=O)CNC(=O)[C@@H](NC(=S)[C@@H](NC(=O)C(C)O)C(C)C)C(C)CC)C(C)C)[C@@H](C)SC=CNC(=O)[C@H](Cc2c[n+](C)cn2C)NC(=O)[C@H](C(C)C)NC(=O)[C@H](C)NC1=O. The summed E-state index contributed by atoms with van der Waals surface area (Å²) in [6.45, 7) is 23.6. The van der Waals surface area contributed by atoms with Crippen molar-refractivity contribution in [1.82, 2.24) is 68.4 Å². The van der Waals surface area contributed by atoms with Crippen molar-refractivity contribution >= 4 is 117 Å². The first kappa shape index (κ1) is 77.4. The lowest BCUT2D eigenvalue weighted by molar-refractivity contribution is -0.671. The maximum atomic E-state index is 14.7. The molecule has 1 aromatic carbocycles. The van der Waals surface area contributed by atoms with Crippen molar-refractivity contribution in [3.63, 3.8) is 0 Å². The predicted molar refractivity (Wildman–Crippen MR) is 358 cm³/mol. The molecule has 25 nitrogen and oxygen atoms in total. The molecule has 0 saturated heterocycles. The number of aryl methyl sites for hydroxylation is 2. The Bertz CT molecular complexity index is 2910. The molecule has 0 aliphatic carbocycles. The van der Waals surface area contributed by atoms with Crippen LogP contribution in [0.1, 0.15) is 121 Å². The summed E-state index contributed by atoms with van der Waals surface area (Å²) in [5.74, 6) is -7.64. The van der Waals surface area contributed by atoms with Crippen molar-refractivity contribution in [2.24, 2.45) is 43.7 Å². The molecule has 90 heavy (non-hydrogen) atoms. The lowest BCUT2D eigenvalue weighted by Crippen LogP contribution is -2.62. The Morgan fingerprint density at radius 1 is 0.700 bits per heavy atom. The third kappa shape index (κ3) is 23.8. The first-order chi connectivity index (χ1) is 42.1. The van der Waals surface area contributed by atoms with E-state index in [9.17, 15) is 53.4 Å². The second-order valence-corrected chi connectivity index (χ2v) is 26.8. The van der Waals surface area contributed by atoms with Crippen molar-refractivity contribution in [3.8, 4) is 5.75 Å². The summed E-state index contributed by atoms with van der Waals surface area (Å²) < 4.78 is 3.62. The van der Waals surface area contributed by atoms with Crippen LogP contribution in [-0.2, 0) is 70.1 Å². The van der Waals surface area contributed by atoms with Crippen molar-refractivity contribution in [2.45, 2.75) is 194 Å². The van der Waals surface area contributed by atoms with Gasteiger partial charge in [0, 0.05) is 24.3 Å². The van der Waals surface area contributed by atoms with Gasteiger partial charge in [0.25, 0.3) is 0 Å². The number of thioether (sulfide) groups is 1. The summed E-state index contributed by atoms with van der Waals surface area (Å²) in [5.41, 5.74) is 1.16. The van der Waals surface area contributed by atoms with Crippen molar-refractivity contribution in [1.29, 1.82) is 0 Å². The Kier molecular flexibility index (Phi) is 31.7. The van der Waals surface area contributed by atoms with Crippen LogP contribution in [0.3, 0.4) is 0 Å². The molecule has 3 unspecified atom stereocenters. The Hall–Kier alpha value is -6.82. The van der Waals surface area contributed by atoms with E-state index >= 15 is 0 Å². The molecule has 1 aliphatic rings. The van der Waals surface area contributed by atoms with Gasteiger partial charge in [-0.2, -0.15) is 0 Å². The Morgan fingerprint density at radius 3 is 1.88 bits per heavy atom. The monoisotopic (exact) mass is 1330 g/mol. The van der Waals surface area contributed by atoms with Gasteiger partial charge in [0.05, 0.1) is 53.7 Å². The van der Waals surface area contributed by atoms with Crippen LogP contribution in [0.25, 0.3) is 0 Å². The van der Waals surface area contributed by atoms with Crippen LogP contribution in [0.5, 0.6) is 5.75 Å². The molecule has 0 fully saturated rings. The molecule has 29 heteroatoms. The van der Waals surface area contributed by atoms with Gasteiger partial charge in [-0.3, -0.25) is 43.2 Å². The average Bonchev–Trinajstić information content (AvgIpc) is 2.36. The van der Waals surface area contributed by atoms with Gasteiger partial charge in [0.15, 0.2) is 0 Å². The van der Waals surface area contributed by atoms with Crippen LogP contribution in [0.15, 0.2) is 48.4 Å². The zero-order chi connectivity index (χ0) is 68.0. The molecule has 0 radical (unpaired) electrons. The smallest absolute Gasteiger partial charge is 0.249 e. The van der Waals surface area contributed by atoms with Gasteiger partial charge < -0.3 is 74.0 Å². The number of aromatic hydroxyl groups is 1. The fourth-order valence-corrected chi connectivity index (χ4v) is 11.1. The average molecular weight is 1330 g/mol. The molecule has 1 aromatic heterocycles. The molecule has 14 atom stereocenters. The van der Waals surface area contributed by atoms with E-state index in [4.69, 9.17) is 36.7 Å². The first-order valence-corrected chi connectivity index (χ1v) is 32.7. The summed E-state index contributed by atoms with van der Waals surface area (Å²) in [4.78, 5) is 126. The third-order valence-electron chi connectivity index (χ3n) is 15.5. The number of benzene rings is 1. The van der Waals surface area contributed by atoms with Crippen LogP contribution < -0.4 is 68.4 Å². The number of para-hydroxylation sites is 1. The molecule has 0 saturated carbocycles. The number of nitrogens with zero attached hydrogens (tertiary/aromatic N) is 2. The van der Waals surface area contributed by atoms with Crippen LogP contribution >= 0.6 is 48.4 Å². The highest BCUT2D eigenvalue weighted by Crippen LogP contribution is 2.21. The number of carbonyl (C=O) groups is 9. The lowest BCUT2D eigenvalue weighted by atomic mass is 9.96. The van der Waals surface area contributed by atoms with E-state index in [-0.39, 0.29) is 45.4 Å². The van der Waals surface area contributed by atoms with Gasteiger partial charge in [-0.15, -0.1) is 11.8 Å².